The summed E-state index contributed by atoms with van der Waals surface area (Å²) in [6.07, 6.45) is 0.0284. The molecule has 1 saturated heterocycles. The van der Waals surface area contributed by atoms with Gasteiger partial charge in [-0.25, -0.2) is 9.97 Å². The van der Waals surface area contributed by atoms with Gasteiger partial charge in [0, 0.05) is 6.20 Å². The SMILES string of the molecule is C=C1O[C@@H](n2ccc3c(Cl)ncnc32)[C@H](O)[C@@H]1O. The molecule has 0 bridgehead atoms. The summed E-state index contributed by atoms with van der Waals surface area (Å²) in [5.41, 5.74) is 0.529. The molecule has 1 fully saturated rings. The number of aliphatic hydroxyl groups is 2. The lowest BCUT2D eigenvalue weighted by molar-refractivity contribution is -0.0115. The van der Waals surface area contributed by atoms with Gasteiger partial charge in [-0.3, -0.25) is 4.57 Å². The Hall–Kier alpha value is -1.63. The number of nitrogens with zero attached hydrogens (tertiary/aromatic N) is 3. The van der Waals surface area contributed by atoms with Crippen LogP contribution in [-0.2, 0) is 4.74 Å². The monoisotopic (exact) mass is 267 g/mol. The number of aliphatic hydroxyl groups excluding tert-OH is 2. The molecule has 0 spiro atoms. The fourth-order valence-corrected chi connectivity index (χ4v) is 2.20. The third-order valence-corrected chi connectivity index (χ3v) is 3.25. The van der Waals surface area contributed by atoms with Crippen molar-refractivity contribution in [3.05, 3.63) is 36.1 Å². The summed E-state index contributed by atoms with van der Waals surface area (Å²) < 4.78 is 6.94. The van der Waals surface area contributed by atoms with Gasteiger partial charge in [0.1, 0.15) is 35.1 Å². The minimum atomic E-state index is -1.11. The van der Waals surface area contributed by atoms with Crippen molar-refractivity contribution in [1.82, 2.24) is 14.5 Å². The Morgan fingerprint density at radius 1 is 1.39 bits per heavy atom. The summed E-state index contributed by atoms with van der Waals surface area (Å²) in [5, 5.41) is 20.5. The van der Waals surface area contributed by atoms with Gasteiger partial charge in [0.2, 0.25) is 6.23 Å². The molecule has 3 atom stereocenters. The fourth-order valence-electron chi connectivity index (χ4n) is 2.01. The molecule has 0 aromatic carbocycles. The molecular weight excluding hydrogens is 258 g/mol. The van der Waals surface area contributed by atoms with Crippen LogP contribution in [0.3, 0.4) is 0 Å². The van der Waals surface area contributed by atoms with E-state index in [1.54, 1.807) is 16.8 Å². The third kappa shape index (κ3) is 1.50. The first-order valence-corrected chi connectivity index (χ1v) is 5.66. The van der Waals surface area contributed by atoms with Crippen LogP contribution in [0.2, 0.25) is 5.15 Å². The van der Waals surface area contributed by atoms with Crippen LogP contribution in [0.25, 0.3) is 11.0 Å². The van der Waals surface area contributed by atoms with Crippen molar-refractivity contribution in [2.24, 2.45) is 0 Å². The Morgan fingerprint density at radius 3 is 2.83 bits per heavy atom. The predicted molar refractivity (Wildman–Crippen MR) is 63.8 cm³/mol. The van der Waals surface area contributed by atoms with E-state index in [0.717, 1.165) is 0 Å². The van der Waals surface area contributed by atoms with Crippen molar-refractivity contribution >= 4 is 22.6 Å². The number of halogens is 1. The van der Waals surface area contributed by atoms with Crippen LogP contribution in [0.4, 0.5) is 0 Å². The Balaban J connectivity index is 2.11. The Kier molecular flexibility index (Phi) is 2.51. The Bertz CT molecular complexity index is 627. The van der Waals surface area contributed by atoms with E-state index in [-0.39, 0.29) is 5.76 Å². The lowest BCUT2D eigenvalue weighted by atomic mass is 10.2. The largest absolute Gasteiger partial charge is 0.469 e. The number of aromatic nitrogens is 3. The van der Waals surface area contributed by atoms with E-state index in [1.165, 1.54) is 6.33 Å². The van der Waals surface area contributed by atoms with E-state index in [1.807, 2.05) is 0 Å². The van der Waals surface area contributed by atoms with Gasteiger partial charge in [-0.05, 0) is 6.07 Å². The summed E-state index contributed by atoms with van der Waals surface area (Å²) in [6.45, 7) is 3.54. The zero-order valence-corrected chi connectivity index (χ0v) is 9.95. The molecule has 0 saturated carbocycles. The van der Waals surface area contributed by atoms with Crippen LogP contribution in [0, 0.1) is 0 Å². The molecule has 1 aliphatic heterocycles. The second-order valence-corrected chi connectivity index (χ2v) is 4.39. The highest BCUT2D eigenvalue weighted by Gasteiger charge is 2.40. The number of hydrogen-bond donors (Lipinski definition) is 2. The smallest absolute Gasteiger partial charge is 0.206 e. The first-order valence-electron chi connectivity index (χ1n) is 5.28. The third-order valence-electron chi connectivity index (χ3n) is 2.95. The molecule has 7 heteroatoms. The van der Waals surface area contributed by atoms with Gasteiger partial charge in [0.05, 0.1) is 5.39 Å². The molecule has 0 amide bonds. The van der Waals surface area contributed by atoms with E-state index < -0.39 is 18.4 Å². The van der Waals surface area contributed by atoms with Crippen molar-refractivity contribution in [3.63, 3.8) is 0 Å². The maximum absolute atomic E-state index is 9.90. The standard InChI is InChI=1S/C11H10ClN3O3/c1-5-7(16)8(17)11(18-5)15-3-2-6-9(12)13-4-14-10(6)15/h2-4,7-8,11,16-17H,1H2/t7-,8-,11-/m1/s1. The molecule has 18 heavy (non-hydrogen) atoms. The van der Waals surface area contributed by atoms with Gasteiger partial charge in [0.25, 0.3) is 0 Å². The average molecular weight is 268 g/mol. The van der Waals surface area contributed by atoms with Crippen molar-refractivity contribution in [2.75, 3.05) is 0 Å². The molecule has 2 aromatic rings. The highest BCUT2D eigenvalue weighted by molar-refractivity contribution is 6.33. The highest BCUT2D eigenvalue weighted by atomic mass is 35.5. The molecule has 0 radical (unpaired) electrons. The molecule has 3 rings (SSSR count). The summed E-state index contributed by atoms with van der Waals surface area (Å²) in [6, 6.07) is 1.72. The van der Waals surface area contributed by atoms with Crippen LogP contribution in [0.15, 0.2) is 30.9 Å². The molecule has 3 heterocycles. The van der Waals surface area contributed by atoms with Crippen LogP contribution in [0.1, 0.15) is 6.23 Å². The number of hydrogen-bond acceptors (Lipinski definition) is 5. The topological polar surface area (TPSA) is 80.4 Å². The van der Waals surface area contributed by atoms with Crippen molar-refractivity contribution < 1.29 is 14.9 Å². The van der Waals surface area contributed by atoms with Crippen LogP contribution < -0.4 is 0 Å². The zero-order valence-electron chi connectivity index (χ0n) is 9.19. The van der Waals surface area contributed by atoms with Crippen molar-refractivity contribution in [2.45, 2.75) is 18.4 Å². The average Bonchev–Trinajstić information content (AvgIpc) is 2.88. The Labute approximate surface area is 107 Å². The van der Waals surface area contributed by atoms with Gasteiger partial charge < -0.3 is 14.9 Å². The lowest BCUT2D eigenvalue weighted by Crippen LogP contribution is -2.27. The molecule has 0 aliphatic carbocycles. The molecule has 1 aliphatic rings. The summed E-state index contributed by atoms with van der Waals surface area (Å²) >= 11 is 5.94. The van der Waals surface area contributed by atoms with Gasteiger partial charge in [-0.15, -0.1) is 0 Å². The summed E-state index contributed by atoms with van der Waals surface area (Å²) in [5.74, 6) is 0.134. The number of ether oxygens (including phenoxy) is 1. The van der Waals surface area contributed by atoms with Crippen LogP contribution in [-0.4, -0.2) is 37.0 Å². The van der Waals surface area contributed by atoms with Gasteiger partial charge in [-0.2, -0.15) is 0 Å². The second-order valence-electron chi connectivity index (χ2n) is 4.03. The fraction of sp³-hybridized carbons (Fsp3) is 0.273. The zero-order chi connectivity index (χ0) is 12.9. The maximum Gasteiger partial charge on any atom is 0.206 e. The van der Waals surface area contributed by atoms with Crippen molar-refractivity contribution in [3.8, 4) is 0 Å². The molecule has 6 nitrogen and oxygen atoms in total. The van der Waals surface area contributed by atoms with E-state index in [2.05, 4.69) is 16.5 Å². The molecule has 2 N–H and O–H groups in total. The number of fused-ring (bicyclic) bond motifs is 1. The van der Waals surface area contributed by atoms with Gasteiger partial charge >= 0.3 is 0 Å². The highest BCUT2D eigenvalue weighted by Crippen LogP contribution is 2.33. The quantitative estimate of drug-likeness (QED) is 0.749. The second kappa shape index (κ2) is 3.94. The first kappa shape index (κ1) is 11.5. The Morgan fingerprint density at radius 2 is 2.17 bits per heavy atom. The maximum atomic E-state index is 9.90. The van der Waals surface area contributed by atoms with Gasteiger partial charge in [0.15, 0.2) is 0 Å². The van der Waals surface area contributed by atoms with E-state index in [4.69, 9.17) is 16.3 Å². The molecule has 0 unspecified atom stereocenters. The first-order chi connectivity index (χ1) is 8.59. The summed E-state index contributed by atoms with van der Waals surface area (Å²) in [4.78, 5) is 7.96. The van der Waals surface area contributed by atoms with Crippen LogP contribution >= 0.6 is 11.6 Å². The van der Waals surface area contributed by atoms with Gasteiger partial charge in [-0.1, -0.05) is 18.2 Å². The molecule has 94 valence electrons. The minimum absolute atomic E-state index is 0.134. The molecular formula is C11H10ClN3O3. The normalized spacial score (nSPS) is 27.7. The molecule has 2 aromatic heterocycles. The van der Waals surface area contributed by atoms with Crippen molar-refractivity contribution in [1.29, 1.82) is 0 Å². The number of rotatable bonds is 1. The van der Waals surface area contributed by atoms with E-state index in [9.17, 15) is 10.2 Å². The summed E-state index contributed by atoms with van der Waals surface area (Å²) in [7, 11) is 0. The van der Waals surface area contributed by atoms with Crippen LogP contribution in [0.5, 0.6) is 0 Å². The van der Waals surface area contributed by atoms with E-state index >= 15 is 0 Å². The lowest BCUT2D eigenvalue weighted by Gasteiger charge is -2.16. The van der Waals surface area contributed by atoms with E-state index in [0.29, 0.717) is 16.2 Å². The predicted octanol–water partition coefficient (Wildman–Crippen LogP) is 0.849. The minimum Gasteiger partial charge on any atom is -0.469 e.